The highest BCUT2D eigenvalue weighted by molar-refractivity contribution is 5.28. The number of likely N-dealkylation sites (N-methyl/N-ethyl adjacent to an activating group) is 1. The maximum atomic E-state index is 5.79. The smallest absolute Gasteiger partial charge is 0.00477 e. The van der Waals surface area contributed by atoms with Crippen molar-refractivity contribution in [1.29, 1.82) is 0 Å². The number of likely N-dealkylation sites (tertiary alicyclic amines) is 1. The number of hydrogen-bond acceptors (Lipinski definition) is 2. The molecular weight excluding hydrogens is 208 g/mol. The predicted molar refractivity (Wildman–Crippen MR) is 73.4 cm³/mol. The largest absolute Gasteiger partial charge is 0.330 e. The normalized spacial score (nSPS) is 22.9. The first-order valence-corrected chi connectivity index (χ1v) is 6.73. The summed E-state index contributed by atoms with van der Waals surface area (Å²) in [7, 11) is 2.20. The molecule has 17 heavy (non-hydrogen) atoms. The third-order valence-corrected chi connectivity index (χ3v) is 4.05. The lowest BCUT2D eigenvalue weighted by molar-refractivity contribution is 0.411. The van der Waals surface area contributed by atoms with Crippen molar-refractivity contribution in [2.75, 3.05) is 26.7 Å². The first-order chi connectivity index (χ1) is 8.24. The molecule has 2 rings (SSSR count). The molecular formula is C15H24N2. The zero-order valence-corrected chi connectivity index (χ0v) is 11.0. The van der Waals surface area contributed by atoms with E-state index in [9.17, 15) is 0 Å². The molecule has 0 aromatic heterocycles. The van der Waals surface area contributed by atoms with E-state index in [0.29, 0.717) is 5.92 Å². The minimum Gasteiger partial charge on any atom is -0.330 e. The highest BCUT2D eigenvalue weighted by atomic mass is 15.1. The summed E-state index contributed by atoms with van der Waals surface area (Å²) in [6.45, 7) is 5.39. The third-order valence-electron chi connectivity index (χ3n) is 4.05. The van der Waals surface area contributed by atoms with Crippen molar-refractivity contribution in [1.82, 2.24) is 4.90 Å². The van der Waals surface area contributed by atoms with Crippen LogP contribution >= 0.6 is 0 Å². The lowest BCUT2D eigenvalue weighted by atomic mass is 9.92. The SMILES string of the molecule is CCC(CN)c1ccc(C2CCN(C)C2)cc1. The van der Waals surface area contributed by atoms with Crippen molar-refractivity contribution in [2.24, 2.45) is 5.73 Å². The zero-order chi connectivity index (χ0) is 12.3. The molecule has 2 heteroatoms. The highest BCUT2D eigenvalue weighted by Crippen LogP contribution is 2.27. The lowest BCUT2D eigenvalue weighted by Crippen LogP contribution is -2.13. The fourth-order valence-electron chi connectivity index (χ4n) is 2.79. The van der Waals surface area contributed by atoms with Crippen LogP contribution in [0.1, 0.15) is 42.7 Å². The average molecular weight is 232 g/mol. The van der Waals surface area contributed by atoms with Crippen LogP contribution in [0, 0.1) is 0 Å². The Morgan fingerprint density at radius 2 is 2.06 bits per heavy atom. The maximum Gasteiger partial charge on any atom is 0.00477 e. The fraction of sp³-hybridized carbons (Fsp3) is 0.600. The first kappa shape index (κ1) is 12.6. The van der Waals surface area contributed by atoms with Crippen LogP contribution in [0.5, 0.6) is 0 Å². The van der Waals surface area contributed by atoms with E-state index < -0.39 is 0 Å². The van der Waals surface area contributed by atoms with Gasteiger partial charge in [-0.25, -0.2) is 0 Å². The van der Waals surface area contributed by atoms with Gasteiger partial charge in [-0.3, -0.25) is 0 Å². The summed E-state index contributed by atoms with van der Waals surface area (Å²) in [6.07, 6.45) is 2.42. The van der Waals surface area contributed by atoms with E-state index in [0.717, 1.165) is 18.9 Å². The summed E-state index contributed by atoms with van der Waals surface area (Å²) in [6, 6.07) is 9.15. The van der Waals surface area contributed by atoms with E-state index in [1.165, 1.54) is 30.6 Å². The minimum absolute atomic E-state index is 0.523. The Balaban J connectivity index is 2.07. The van der Waals surface area contributed by atoms with Crippen LogP contribution in [0.4, 0.5) is 0 Å². The Morgan fingerprint density at radius 1 is 1.35 bits per heavy atom. The molecule has 1 fully saturated rings. The Kier molecular flexibility index (Phi) is 4.19. The van der Waals surface area contributed by atoms with E-state index in [1.807, 2.05) is 0 Å². The Hall–Kier alpha value is -0.860. The second-order valence-corrected chi connectivity index (χ2v) is 5.26. The van der Waals surface area contributed by atoms with Crippen LogP contribution < -0.4 is 5.73 Å². The van der Waals surface area contributed by atoms with Gasteiger partial charge in [0.25, 0.3) is 0 Å². The molecule has 1 heterocycles. The summed E-state index contributed by atoms with van der Waals surface area (Å²) in [4.78, 5) is 2.41. The monoisotopic (exact) mass is 232 g/mol. The number of benzene rings is 1. The van der Waals surface area contributed by atoms with Gasteiger partial charge in [0.2, 0.25) is 0 Å². The number of nitrogens with zero attached hydrogens (tertiary/aromatic N) is 1. The van der Waals surface area contributed by atoms with Crippen LogP contribution in [0.15, 0.2) is 24.3 Å². The second kappa shape index (κ2) is 5.65. The van der Waals surface area contributed by atoms with Crippen molar-refractivity contribution >= 4 is 0 Å². The molecule has 1 saturated heterocycles. The summed E-state index contributed by atoms with van der Waals surface area (Å²) in [5.41, 5.74) is 8.67. The van der Waals surface area contributed by atoms with E-state index >= 15 is 0 Å². The molecule has 2 nitrogen and oxygen atoms in total. The van der Waals surface area contributed by atoms with E-state index in [4.69, 9.17) is 5.73 Å². The van der Waals surface area contributed by atoms with Crippen LogP contribution in [-0.4, -0.2) is 31.6 Å². The molecule has 0 aliphatic carbocycles. The van der Waals surface area contributed by atoms with Gasteiger partial charge in [-0.1, -0.05) is 31.2 Å². The Morgan fingerprint density at radius 3 is 2.53 bits per heavy atom. The van der Waals surface area contributed by atoms with Crippen LogP contribution in [0.2, 0.25) is 0 Å². The molecule has 2 N–H and O–H groups in total. The molecule has 1 aliphatic heterocycles. The zero-order valence-electron chi connectivity index (χ0n) is 11.0. The predicted octanol–water partition coefficient (Wildman–Crippen LogP) is 2.56. The number of rotatable bonds is 4. The van der Waals surface area contributed by atoms with Gasteiger partial charge < -0.3 is 10.6 Å². The second-order valence-electron chi connectivity index (χ2n) is 5.26. The molecule has 0 saturated carbocycles. The summed E-state index contributed by atoms with van der Waals surface area (Å²) >= 11 is 0. The highest BCUT2D eigenvalue weighted by Gasteiger charge is 2.21. The fourth-order valence-corrected chi connectivity index (χ4v) is 2.79. The van der Waals surface area contributed by atoms with Gasteiger partial charge in [0.15, 0.2) is 0 Å². The minimum atomic E-state index is 0.523. The van der Waals surface area contributed by atoms with E-state index in [1.54, 1.807) is 0 Å². The van der Waals surface area contributed by atoms with E-state index in [2.05, 4.69) is 43.1 Å². The molecule has 0 spiro atoms. The number of nitrogens with two attached hydrogens (primary N) is 1. The molecule has 1 aliphatic rings. The molecule has 1 aromatic rings. The first-order valence-electron chi connectivity index (χ1n) is 6.73. The van der Waals surface area contributed by atoms with Crippen LogP contribution in [0.3, 0.4) is 0 Å². The molecule has 2 atom stereocenters. The third kappa shape index (κ3) is 2.88. The number of hydrogen-bond donors (Lipinski definition) is 1. The topological polar surface area (TPSA) is 29.3 Å². The van der Waals surface area contributed by atoms with E-state index in [-0.39, 0.29) is 0 Å². The van der Waals surface area contributed by atoms with Gasteiger partial charge in [-0.2, -0.15) is 0 Å². The molecule has 1 aromatic carbocycles. The van der Waals surface area contributed by atoms with Gasteiger partial charge in [-0.15, -0.1) is 0 Å². The van der Waals surface area contributed by atoms with Gasteiger partial charge in [0, 0.05) is 6.54 Å². The standard InChI is InChI=1S/C15H24N2/c1-3-12(10-16)13-4-6-14(7-5-13)15-8-9-17(2)11-15/h4-7,12,15H,3,8-11,16H2,1-2H3. The van der Waals surface area contributed by atoms with Crippen molar-refractivity contribution in [3.63, 3.8) is 0 Å². The van der Waals surface area contributed by atoms with Gasteiger partial charge in [-0.05, 0) is 55.9 Å². The summed E-state index contributed by atoms with van der Waals surface area (Å²) in [5, 5.41) is 0. The molecule has 0 bridgehead atoms. The van der Waals surface area contributed by atoms with Gasteiger partial charge >= 0.3 is 0 Å². The van der Waals surface area contributed by atoms with Crippen molar-refractivity contribution in [3.05, 3.63) is 35.4 Å². The maximum absolute atomic E-state index is 5.79. The van der Waals surface area contributed by atoms with Crippen LogP contribution in [-0.2, 0) is 0 Å². The molecule has 94 valence electrons. The lowest BCUT2D eigenvalue weighted by Gasteiger charge is -2.15. The quantitative estimate of drug-likeness (QED) is 0.864. The Bertz CT molecular complexity index is 340. The van der Waals surface area contributed by atoms with Gasteiger partial charge in [0.05, 0.1) is 0 Å². The summed E-state index contributed by atoms with van der Waals surface area (Å²) in [5.74, 6) is 1.25. The molecule has 0 radical (unpaired) electrons. The van der Waals surface area contributed by atoms with Gasteiger partial charge in [0.1, 0.15) is 0 Å². The molecule has 2 unspecified atom stereocenters. The molecule has 0 amide bonds. The van der Waals surface area contributed by atoms with Crippen molar-refractivity contribution in [3.8, 4) is 0 Å². The van der Waals surface area contributed by atoms with Crippen LogP contribution in [0.25, 0.3) is 0 Å². The Labute approximate surface area is 105 Å². The summed E-state index contributed by atoms with van der Waals surface area (Å²) < 4.78 is 0. The van der Waals surface area contributed by atoms with Crippen molar-refractivity contribution < 1.29 is 0 Å². The van der Waals surface area contributed by atoms with Crippen molar-refractivity contribution in [2.45, 2.75) is 31.6 Å². The average Bonchev–Trinajstić information content (AvgIpc) is 2.78.